The van der Waals surface area contributed by atoms with Crippen LogP contribution in [0.3, 0.4) is 0 Å². The number of carbonyl (C=O) groups is 2. The Kier molecular flexibility index (Phi) is 4.42. The molecule has 2 aromatic rings. The number of nitrogens with zero attached hydrogens (tertiary/aromatic N) is 1. The van der Waals surface area contributed by atoms with Gasteiger partial charge in [0.05, 0.1) is 10.5 Å². The maximum Gasteiger partial charge on any atom is 0.514 e. The number of hydrogen-bond donors (Lipinski definition) is 0. The summed E-state index contributed by atoms with van der Waals surface area (Å²) in [6, 6.07) is 11.8. The first kappa shape index (κ1) is 16.2. The van der Waals surface area contributed by atoms with Crippen LogP contribution in [-0.4, -0.2) is 23.7 Å². The van der Waals surface area contributed by atoms with E-state index in [0.29, 0.717) is 16.9 Å². The van der Waals surface area contributed by atoms with Crippen molar-refractivity contribution < 1.29 is 28.7 Å². The first-order chi connectivity index (χ1) is 12.0. The van der Waals surface area contributed by atoms with E-state index in [1.807, 2.05) is 0 Å². The van der Waals surface area contributed by atoms with Crippen LogP contribution in [0.1, 0.15) is 15.9 Å². The normalized spacial score (nSPS) is 13.9. The summed E-state index contributed by atoms with van der Waals surface area (Å²) in [7, 11) is 0. The zero-order valence-electron chi connectivity index (χ0n) is 12.7. The molecule has 8 nitrogen and oxygen atoms in total. The van der Waals surface area contributed by atoms with E-state index in [-0.39, 0.29) is 18.0 Å². The second kappa shape index (κ2) is 6.83. The molecule has 0 radical (unpaired) electrons. The Bertz CT molecular complexity index is 871. The van der Waals surface area contributed by atoms with Crippen LogP contribution in [0, 0.1) is 10.1 Å². The molecular formula is C17H11NO7. The fourth-order valence-corrected chi connectivity index (χ4v) is 2.18. The van der Waals surface area contributed by atoms with Crippen LogP contribution in [0.25, 0.3) is 5.76 Å². The minimum atomic E-state index is -0.983. The number of esters is 1. The van der Waals surface area contributed by atoms with Gasteiger partial charge in [0, 0.05) is 17.7 Å². The molecule has 0 spiro atoms. The van der Waals surface area contributed by atoms with E-state index in [2.05, 4.69) is 0 Å². The number of fused-ring (bicyclic) bond motifs is 1. The highest BCUT2D eigenvalue weighted by molar-refractivity contribution is 6.02. The van der Waals surface area contributed by atoms with Gasteiger partial charge in [-0.25, -0.2) is 9.59 Å². The molecule has 8 heteroatoms. The van der Waals surface area contributed by atoms with E-state index in [9.17, 15) is 19.7 Å². The van der Waals surface area contributed by atoms with Crippen molar-refractivity contribution in [2.24, 2.45) is 0 Å². The Morgan fingerprint density at radius 3 is 2.48 bits per heavy atom. The number of ether oxygens (including phenoxy) is 3. The number of rotatable bonds is 4. The molecule has 1 aliphatic heterocycles. The lowest BCUT2D eigenvalue weighted by Crippen LogP contribution is -2.10. The van der Waals surface area contributed by atoms with Crippen LogP contribution in [0.5, 0.6) is 5.75 Å². The van der Waals surface area contributed by atoms with Gasteiger partial charge in [0.1, 0.15) is 18.1 Å². The number of benzene rings is 2. The van der Waals surface area contributed by atoms with Crippen LogP contribution < -0.4 is 4.74 Å². The van der Waals surface area contributed by atoms with Crippen LogP contribution in [0.2, 0.25) is 0 Å². The summed E-state index contributed by atoms with van der Waals surface area (Å²) in [5.41, 5.74) is 0.953. The third kappa shape index (κ3) is 3.63. The Balaban J connectivity index is 1.56. The molecule has 1 heterocycles. The minimum absolute atomic E-state index is 0.112. The number of carbonyl (C=O) groups excluding carboxylic acids is 2. The number of nitro groups is 1. The van der Waals surface area contributed by atoms with Gasteiger partial charge in [-0.15, -0.1) is 0 Å². The Morgan fingerprint density at radius 2 is 1.80 bits per heavy atom. The van der Waals surface area contributed by atoms with E-state index in [0.717, 1.165) is 0 Å². The van der Waals surface area contributed by atoms with Gasteiger partial charge in [-0.3, -0.25) is 10.1 Å². The summed E-state index contributed by atoms with van der Waals surface area (Å²) in [5.74, 6) is -0.0417. The van der Waals surface area contributed by atoms with Crippen molar-refractivity contribution in [2.45, 2.75) is 0 Å². The molecule has 0 bridgehead atoms. The van der Waals surface area contributed by atoms with Crippen molar-refractivity contribution in [3.8, 4) is 5.75 Å². The molecule has 25 heavy (non-hydrogen) atoms. The van der Waals surface area contributed by atoms with E-state index < -0.39 is 17.0 Å². The SMILES string of the molecule is O=C(OC/C=C1\OC(=O)c2ccccc21)Oc1ccc([N+](=O)[O-])cc1. The van der Waals surface area contributed by atoms with Crippen LogP contribution in [0.4, 0.5) is 10.5 Å². The molecule has 0 N–H and O–H groups in total. The van der Waals surface area contributed by atoms with Crippen molar-refractivity contribution in [2.75, 3.05) is 6.61 Å². The molecule has 0 aromatic heterocycles. The number of hydrogen-bond acceptors (Lipinski definition) is 7. The molecule has 0 unspecified atom stereocenters. The monoisotopic (exact) mass is 341 g/mol. The van der Waals surface area contributed by atoms with E-state index in [4.69, 9.17) is 14.2 Å². The van der Waals surface area contributed by atoms with Gasteiger partial charge in [0.2, 0.25) is 0 Å². The Hall–Kier alpha value is -3.68. The number of nitro benzene ring substituents is 1. The highest BCUT2D eigenvalue weighted by Crippen LogP contribution is 2.29. The average molecular weight is 341 g/mol. The summed E-state index contributed by atoms with van der Waals surface area (Å²) >= 11 is 0. The molecule has 0 aliphatic carbocycles. The lowest BCUT2D eigenvalue weighted by molar-refractivity contribution is -0.384. The summed E-state index contributed by atoms with van der Waals surface area (Å²) < 4.78 is 14.9. The molecule has 0 saturated heterocycles. The molecule has 126 valence electrons. The Labute approximate surface area is 141 Å². The Morgan fingerprint density at radius 1 is 1.12 bits per heavy atom. The predicted octanol–water partition coefficient (Wildman–Crippen LogP) is 3.32. The van der Waals surface area contributed by atoms with Crippen molar-refractivity contribution >= 4 is 23.6 Å². The lowest BCUT2D eigenvalue weighted by atomic mass is 10.1. The molecule has 1 aliphatic rings. The van der Waals surface area contributed by atoms with Gasteiger partial charge in [-0.05, 0) is 24.3 Å². The zero-order chi connectivity index (χ0) is 17.8. The highest BCUT2D eigenvalue weighted by Gasteiger charge is 2.25. The van der Waals surface area contributed by atoms with Gasteiger partial charge >= 0.3 is 12.1 Å². The molecule has 0 atom stereocenters. The second-order valence-electron chi connectivity index (χ2n) is 4.92. The van der Waals surface area contributed by atoms with Gasteiger partial charge in [0.15, 0.2) is 0 Å². The van der Waals surface area contributed by atoms with Crippen LogP contribution >= 0.6 is 0 Å². The van der Waals surface area contributed by atoms with Crippen molar-refractivity contribution in [1.82, 2.24) is 0 Å². The standard InChI is InChI=1S/C17H11NO7/c19-16-14-4-2-1-3-13(14)15(25-16)9-10-23-17(20)24-12-7-5-11(6-8-12)18(21)22/h1-9H,10H2/b15-9-. The van der Waals surface area contributed by atoms with Crippen LogP contribution in [0.15, 0.2) is 54.6 Å². The maximum absolute atomic E-state index is 11.6. The zero-order valence-corrected chi connectivity index (χ0v) is 12.7. The van der Waals surface area contributed by atoms with E-state index >= 15 is 0 Å². The van der Waals surface area contributed by atoms with Crippen molar-refractivity contribution in [1.29, 1.82) is 0 Å². The van der Waals surface area contributed by atoms with Crippen molar-refractivity contribution in [3.63, 3.8) is 0 Å². The summed E-state index contributed by atoms with van der Waals surface area (Å²) in [4.78, 5) is 33.2. The largest absolute Gasteiger partial charge is 0.514 e. The molecule has 0 fully saturated rings. The summed E-state index contributed by atoms with van der Waals surface area (Å²) in [6.45, 7) is -0.164. The molecule has 0 saturated carbocycles. The third-order valence-electron chi connectivity index (χ3n) is 3.33. The smallest absolute Gasteiger partial charge is 0.430 e. The van der Waals surface area contributed by atoms with Gasteiger partial charge in [-0.1, -0.05) is 18.2 Å². The van der Waals surface area contributed by atoms with Crippen molar-refractivity contribution in [3.05, 3.63) is 75.8 Å². The van der Waals surface area contributed by atoms with E-state index in [1.165, 1.54) is 30.3 Å². The fourth-order valence-electron chi connectivity index (χ4n) is 2.18. The van der Waals surface area contributed by atoms with Gasteiger partial charge < -0.3 is 14.2 Å². The molecule has 0 amide bonds. The summed E-state index contributed by atoms with van der Waals surface area (Å²) in [5, 5.41) is 10.5. The topological polar surface area (TPSA) is 105 Å². The van der Waals surface area contributed by atoms with Crippen LogP contribution in [-0.2, 0) is 9.47 Å². The molecular weight excluding hydrogens is 330 g/mol. The first-order valence-electron chi connectivity index (χ1n) is 7.15. The second-order valence-corrected chi connectivity index (χ2v) is 4.92. The quantitative estimate of drug-likeness (QED) is 0.363. The highest BCUT2D eigenvalue weighted by atomic mass is 16.7. The van der Waals surface area contributed by atoms with E-state index in [1.54, 1.807) is 24.3 Å². The van der Waals surface area contributed by atoms with Gasteiger partial charge in [-0.2, -0.15) is 0 Å². The minimum Gasteiger partial charge on any atom is -0.430 e. The predicted molar refractivity (Wildman–Crippen MR) is 84.9 cm³/mol. The number of non-ortho nitro benzene ring substituents is 1. The van der Waals surface area contributed by atoms with Gasteiger partial charge in [0.25, 0.3) is 5.69 Å². The molecule has 2 aromatic carbocycles. The third-order valence-corrected chi connectivity index (χ3v) is 3.33. The molecule has 3 rings (SSSR count). The maximum atomic E-state index is 11.6. The summed E-state index contributed by atoms with van der Waals surface area (Å²) in [6.07, 6.45) is 0.462. The number of cyclic esters (lactones) is 1. The first-order valence-corrected chi connectivity index (χ1v) is 7.15. The lowest BCUT2D eigenvalue weighted by Gasteiger charge is -2.04. The fraction of sp³-hybridized carbons (Fsp3) is 0.0588. The average Bonchev–Trinajstić information content (AvgIpc) is 2.92.